The van der Waals surface area contributed by atoms with Crippen molar-refractivity contribution in [3.05, 3.63) is 47.2 Å². The number of thiazole rings is 1. The average Bonchev–Trinajstić information content (AvgIpc) is 3.59. The van der Waals surface area contributed by atoms with Gasteiger partial charge in [-0.25, -0.2) is 23.1 Å². The quantitative estimate of drug-likeness (QED) is 0.324. The molecule has 1 saturated heterocycles. The molecule has 2 atom stereocenters. The minimum Gasteiger partial charge on any atom is -0.361 e. The van der Waals surface area contributed by atoms with Gasteiger partial charge in [0, 0.05) is 19.6 Å². The van der Waals surface area contributed by atoms with Gasteiger partial charge in [-0.3, -0.25) is 10.1 Å². The molecule has 0 spiro atoms. The van der Waals surface area contributed by atoms with E-state index >= 15 is 0 Å². The Hall–Kier alpha value is -3.31. The molecule has 0 bridgehead atoms. The maximum atomic E-state index is 13.4. The van der Waals surface area contributed by atoms with E-state index in [0.717, 1.165) is 6.92 Å². The third-order valence-electron chi connectivity index (χ3n) is 6.80. The number of anilines is 3. The van der Waals surface area contributed by atoms with Gasteiger partial charge in [0.2, 0.25) is 10.0 Å². The van der Waals surface area contributed by atoms with Crippen molar-refractivity contribution >= 4 is 44.0 Å². The lowest BCUT2D eigenvalue weighted by Crippen LogP contribution is -2.43. The zero-order valence-corrected chi connectivity index (χ0v) is 23.2. The fraction of sp³-hybridized carbons (Fsp3) is 0.375. The van der Waals surface area contributed by atoms with Crippen molar-refractivity contribution in [3.8, 4) is 10.4 Å². The van der Waals surface area contributed by atoms with Crippen LogP contribution in [0.5, 0.6) is 0 Å². The number of hydrogen-bond donors (Lipinski definition) is 4. The first-order valence-electron chi connectivity index (χ1n) is 12.2. The van der Waals surface area contributed by atoms with E-state index in [9.17, 15) is 31.5 Å². The van der Waals surface area contributed by atoms with Gasteiger partial charge in [0.15, 0.2) is 11.5 Å². The van der Waals surface area contributed by atoms with Crippen molar-refractivity contribution in [1.82, 2.24) is 24.9 Å². The molecule has 4 heterocycles. The molecule has 3 aromatic rings. The molecule has 5 rings (SSSR count). The van der Waals surface area contributed by atoms with Crippen molar-refractivity contribution in [2.45, 2.75) is 43.9 Å². The predicted octanol–water partition coefficient (Wildman–Crippen LogP) is 2.76. The zero-order chi connectivity index (χ0) is 29.0. The Morgan fingerprint density at radius 1 is 1.25 bits per heavy atom. The van der Waals surface area contributed by atoms with Gasteiger partial charge in [0.25, 0.3) is 5.91 Å². The van der Waals surface area contributed by atoms with Crippen LogP contribution in [0, 0.1) is 6.92 Å². The number of rotatable bonds is 7. The molecule has 0 saturated carbocycles. The largest absolute Gasteiger partial charge is 0.408 e. The molecule has 40 heavy (non-hydrogen) atoms. The molecule has 1 unspecified atom stereocenters. The van der Waals surface area contributed by atoms with Crippen LogP contribution in [0.25, 0.3) is 10.4 Å². The van der Waals surface area contributed by atoms with Gasteiger partial charge in [-0.1, -0.05) is 17.4 Å². The monoisotopic (exact) mass is 597 g/mol. The number of nitrogens with zero attached hydrogens (tertiary/aromatic N) is 4. The van der Waals surface area contributed by atoms with Crippen LogP contribution in [0.2, 0.25) is 0 Å². The fourth-order valence-corrected chi connectivity index (χ4v) is 6.60. The van der Waals surface area contributed by atoms with Crippen LogP contribution in [-0.4, -0.2) is 73.0 Å². The second-order valence-electron chi connectivity index (χ2n) is 9.33. The van der Waals surface area contributed by atoms with Crippen LogP contribution < -0.4 is 20.3 Å². The molecule has 0 radical (unpaired) electrons. The topological polar surface area (TPSA) is 140 Å². The second-order valence-corrected chi connectivity index (χ2v) is 12.2. The smallest absolute Gasteiger partial charge is 0.361 e. The Balaban J connectivity index is 1.50. The van der Waals surface area contributed by atoms with Gasteiger partial charge < -0.3 is 20.2 Å². The molecule has 4 N–H and O–H groups in total. The standard InChI is InChI=1S/C24H26F3N7O4S2/c1-12-20(39-22(30-12)32-17-5-4-6-18(31-17)33-8-7-29-23(33)36)14-9-15-11-34(13(2)24(25,26)27)21(35)19(15)16(10-14)40(37,38)28-3/h4-6,9-10,13,23,28-29,36H,7-8,11H2,1-3H3,(H,30,31,32)/t13-,23?/m0/s1. The van der Waals surface area contributed by atoms with Gasteiger partial charge in [-0.15, -0.1) is 0 Å². The number of sulfonamides is 1. The van der Waals surface area contributed by atoms with Crippen LogP contribution in [0.3, 0.4) is 0 Å². The summed E-state index contributed by atoms with van der Waals surface area (Å²) >= 11 is 1.20. The highest BCUT2D eigenvalue weighted by molar-refractivity contribution is 7.89. The number of carbonyl (C=O) groups excluding carboxylic acids is 1. The molecule has 214 valence electrons. The van der Waals surface area contributed by atoms with E-state index in [1.54, 1.807) is 30.0 Å². The lowest BCUT2D eigenvalue weighted by atomic mass is 10.0. The minimum atomic E-state index is -4.67. The van der Waals surface area contributed by atoms with E-state index in [1.807, 2.05) is 0 Å². The number of aryl methyl sites for hydroxylation is 1. The van der Waals surface area contributed by atoms with Crippen LogP contribution in [0.4, 0.5) is 29.9 Å². The predicted molar refractivity (Wildman–Crippen MR) is 143 cm³/mol. The van der Waals surface area contributed by atoms with Gasteiger partial charge in [0.1, 0.15) is 17.7 Å². The summed E-state index contributed by atoms with van der Waals surface area (Å²) in [5.41, 5.74) is 0.856. The fourth-order valence-electron chi connectivity index (χ4n) is 4.65. The maximum Gasteiger partial charge on any atom is 0.408 e. The molecule has 1 fully saturated rings. The lowest BCUT2D eigenvalue weighted by Gasteiger charge is -2.26. The highest BCUT2D eigenvalue weighted by atomic mass is 32.2. The van der Waals surface area contributed by atoms with Crippen molar-refractivity contribution in [2.75, 3.05) is 30.4 Å². The number of aromatic nitrogens is 2. The molecule has 1 aromatic carbocycles. The lowest BCUT2D eigenvalue weighted by molar-refractivity contribution is -0.172. The van der Waals surface area contributed by atoms with Gasteiger partial charge in [-0.05, 0) is 56.3 Å². The van der Waals surface area contributed by atoms with Crippen molar-refractivity contribution in [3.63, 3.8) is 0 Å². The molecule has 2 aromatic heterocycles. The van der Waals surface area contributed by atoms with E-state index < -0.39 is 34.5 Å². The minimum absolute atomic E-state index is 0.182. The molecular weight excluding hydrogens is 571 g/mol. The number of hydrogen-bond acceptors (Lipinski definition) is 10. The number of aliphatic hydroxyl groups excluding tert-OH is 1. The summed E-state index contributed by atoms with van der Waals surface area (Å²) in [6.07, 6.45) is -5.52. The normalized spacial score (nSPS) is 18.4. The number of alkyl halides is 3. The summed E-state index contributed by atoms with van der Waals surface area (Å²) in [5.74, 6) is 0.0263. The highest BCUT2D eigenvalue weighted by Crippen LogP contribution is 2.40. The number of fused-ring (bicyclic) bond motifs is 1. The number of aliphatic hydroxyl groups is 1. The van der Waals surface area contributed by atoms with E-state index in [2.05, 4.69) is 25.3 Å². The molecular formula is C24H26F3N7O4S2. The average molecular weight is 598 g/mol. The van der Waals surface area contributed by atoms with Crippen LogP contribution in [-0.2, 0) is 16.6 Å². The molecule has 2 aliphatic rings. The molecule has 16 heteroatoms. The molecule has 2 aliphatic heterocycles. The SMILES string of the molecule is CNS(=O)(=O)c1cc(-c2sc(Nc3cccc(N4CCNC4O)n3)nc2C)cc2c1C(=O)N([C@@H](C)C(F)(F)F)C2. The van der Waals surface area contributed by atoms with Crippen molar-refractivity contribution in [1.29, 1.82) is 0 Å². The van der Waals surface area contributed by atoms with Gasteiger partial charge in [-0.2, -0.15) is 13.2 Å². The van der Waals surface area contributed by atoms with Gasteiger partial charge in [0.05, 0.1) is 21.0 Å². The summed E-state index contributed by atoms with van der Waals surface area (Å²) in [7, 11) is -3.02. The Kier molecular flexibility index (Phi) is 7.24. The first-order chi connectivity index (χ1) is 18.8. The van der Waals surface area contributed by atoms with Gasteiger partial charge >= 0.3 is 6.18 Å². The Bertz CT molecular complexity index is 1580. The number of benzene rings is 1. The summed E-state index contributed by atoms with van der Waals surface area (Å²) in [6, 6.07) is 5.99. The van der Waals surface area contributed by atoms with E-state index in [4.69, 9.17) is 0 Å². The third kappa shape index (κ3) is 5.12. The number of amides is 1. The Labute approximate surface area is 232 Å². The first-order valence-corrected chi connectivity index (χ1v) is 14.5. The van der Waals surface area contributed by atoms with E-state index in [0.29, 0.717) is 50.9 Å². The van der Waals surface area contributed by atoms with E-state index in [-0.39, 0.29) is 22.6 Å². The number of nitrogens with one attached hydrogen (secondary N) is 3. The second kappa shape index (κ2) is 10.3. The number of halogens is 3. The van der Waals surface area contributed by atoms with E-state index in [1.165, 1.54) is 30.5 Å². The van der Waals surface area contributed by atoms with Crippen molar-refractivity contribution < 1.29 is 31.5 Å². The molecule has 11 nitrogen and oxygen atoms in total. The van der Waals surface area contributed by atoms with Crippen LogP contribution >= 0.6 is 11.3 Å². The maximum absolute atomic E-state index is 13.4. The highest BCUT2D eigenvalue weighted by Gasteiger charge is 2.46. The summed E-state index contributed by atoms with van der Waals surface area (Å²) in [4.78, 5) is 24.6. The van der Waals surface area contributed by atoms with Crippen LogP contribution in [0.15, 0.2) is 35.2 Å². The Morgan fingerprint density at radius 3 is 2.65 bits per heavy atom. The molecule has 1 amide bonds. The Morgan fingerprint density at radius 2 is 2.00 bits per heavy atom. The van der Waals surface area contributed by atoms with Crippen LogP contribution in [0.1, 0.15) is 28.5 Å². The summed E-state index contributed by atoms with van der Waals surface area (Å²) in [6.45, 7) is 3.39. The summed E-state index contributed by atoms with van der Waals surface area (Å²) in [5, 5.41) is 16.5. The molecule has 0 aliphatic carbocycles. The number of carbonyl (C=O) groups is 1. The third-order valence-corrected chi connectivity index (χ3v) is 9.36. The number of pyridine rings is 1. The zero-order valence-electron chi connectivity index (χ0n) is 21.6. The van der Waals surface area contributed by atoms with Crippen molar-refractivity contribution in [2.24, 2.45) is 0 Å². The summed E-state index contributed by atoms with van der Waals surface area (Å²) < 4.78 is 68.3. The first kappa shape index (κ1) is 28.2.